The lowest BCUT2D eigenvalue weighted by molar-refractivity contribution is -0.761. The fraction of sp³-hybridized carbons (Fsp3) is 0.250. The van der Waals surface area contributed by atoms with Crippen LogP contribution in [-0.4, -0.2) is 42.2 Å². The minimum atomic E-state index is -1.02. The molecule has 0 fully saturated rings. The van der Waals surface area contributed by atoms with Crippen molar-refractivity contribution in [1.29, 1.82) is 0 Å². The molecule has 1 aromatic rings. The maximum atomic E-state index is 12.1. The summed E-state index contributed by atoms with van der Waals surface area (Å²) < 4.78 is 0. The zero-order valence-electron chi connectivity index (χ0n) is 10.9. The Hall–Kier alpha value is -2.77. The molecule has 1 aromatic carbocycles. The molecule has 0 unspecified atom stereocenters. The van der Waals surface area contributed by atoms with Crippen molar-refractivity contribution in [3.05, 3.63) is 44.5 Å². The number of benzene rings is 1. The molecule has 0 saturated heterocycles. The molecule has 0 N–H and O–H groups in total. The molecule has 0 saturated carbocycles. The molecule has 0 aliphatic rings. The van der Waals surface area contributed by atoms with Crippen molar-refractivity contribution in [2.75, 3.05) is 13.8 Å². The van der Waals surface area contributed by atoms with E-state index < -0.39 is 17.7 Å². The zero-order chi connectivity index (χ0) is 15.3. The molecular formula is C12H12N2O6. The Morgan fingerprint density at radius 3 is 2.45 bits per heavy atom. The number of hydrogen-bond donors (Lipinski definition) is 0. The van der Waals surface area contributed by atoms with Crippen molar-refractivity contribution in [1.82, 2.24) is 4.90 Å². The third-order valence-electron chi connectivity index (χ3n) is 2.63. The Morgan fingerprint density at radius 2 is 1.95 bits per heavy atom. The number of carbonyl (C=O) groups is 3. The minimum absolute atomic E-state index is 0.0376. The standard InChI is InChI=1S/C12H12N2O6/c1-8-3-11(10(6-16)4-9(8)5-15)12(17)13(2)7-20-14(18)19/h3-6H,7H2,1-2H3. The summed E-state index contributed by atoms with van der Waals surface area (Å²) >= 11 is 0. The quantitative estimate of drug-likeness (QED) is 0.331. The van der Waals surface area contributed by atoms with E-state index in [1.165, 1.54) is 19.2 Å². The fourth-order valence-corrected chi connectivity index (χ4v) is 1.55. The maximum absolute atomic E-state index is 12.1. The summed E-state index contributed by atoms with van der Waals surface area (Å²) in [5.74, 6) is -0.616. The second-order valence-corrected chi connectivity index (χ2v) is 4.02. The first-order valence-corrected chi connectivity index (χ1v) is 5.48. The second kappa shape index (κ2) is 6.41. The van der Waals surface area contributed by atoms with Gasteiger partial charge in [-0.3, -0.25) is 19.2 Å². The molecule has 20 heavy (non-hydrogen) atoms. The highest BCUT2D eigenvalue weighted by Crippen LogP contribution is 2.16. The van der Waals surface area contributed by atoms with Crippen molar-refractivity contribution < 1.29 is 24.3 Å². The summed E-state index contributed by atoms with van der Waals surface area (Å²) in [6.07, 6.45) is 1.03. The van der Waals surface area contributed by atoms with Crippen LogP contribution in [0.2, 0.25) is 0 Å². The second-order valence-electron chi connectivity index (χ2n) is 4.02. The molecule has 0 spiro atoms. The van der Waals surface area contributed by atoms with E-state index in [4.69, 9.17) is 0 Å². The van der Waals surface area contributed by atoms with Crippen LogP contribution < -0.4 is 0 Å². The normalized spacial score (nSPS) is 9.70. The van der Waals surface area contributed by atoms with E-state index in [9.17, 15) is 24.5 Å². The molecule has 0 radical (unpaired) electrons. The lowest BCUT2D eigenvalue weighted by atomic mass is 9.99. The van der Waals surface area contributed by atoms with Gasteiger partial charge in [0, 0.05) is 18.2 Å². The van der Waals surface area contributed by atoms with Gasteiger partial charge in [-0.1, -0.05) is 0 Å². The van der Waals surface area contributed by atoms with Gasteiger partial charge in [0.15, 0.2) is 13.0 Å². The summed E-state index contributed by atoms with van der Waals surface area (Å²) in [6, 6.07) is 2.68. The van der Waals surface area contributed by atoms with Crippen molar-refractivity contribution in [2.45, 2.75) is 6.92 Å². The van der Waals surface area contributed by atoms with E-state index in [0.717, 1.165) is 4.90 Å². The van der Waals surface area contributed by atoms with Gasteiger partial charge in [-0.25, -0.2) is 0 Å². The Morgan fingerprint density at radius 1 is 1.35 bits per heavy atom. The zero-order valence-corrected chi connectivity index (χ0v) is 10.9. The van der Waals surface area contributed by atoms with Gasteiger partial charge in [-0.15, -0.1) is 10.1 Å². The Kier molecular flexibility index (Phi) is 4.90. The highest BCUT2D eigenvalue weighted by Gasteiger charge is 2.18. The van der Waals surface area contributed by atoms with Crippen molar-refractivity contribution in [2.24, 2.45) is 0 Å². The van der Waals surface area contributed by atoms with Gasteiger partial charge in [0.25, 0.3) is 11.0 Å². The van der Waals surface area contributed by atoms with E-state index in [1.807, 2.05) is 0 Å². The van der Waals surface area contributed by atoms with Crippen LogP contribution in [0.5, 0.6) is 0 Å². The Labute approximate surface area is 114 Å². The highest BCUT2D eigenvalue weighted by atomic mass is 17.0. The number of amides is 1. The van der Waals surface area contributed by atoms with E-state index in [-0.39, 0.29) is 11.1 Å². The van der Waals surface area contributed by atoms with Gasteiger partial charge in [0.05, 0.1) is 5.56 Å². The van der Waals surface area contributed by atoms with Gasteiger partial charge in [0.2, 0.25) is 0 Å². The van der Waals surface area contributed by atoms with Crippen LogP contribution >= 0.6 is 0 Å². The van der Waals surface area contributed by atoms with Crippen LogP contribution in [-0.2, 0) is 4.84 Å². The van der Waals surface area contributed by atoms with Gasteiger partial charge in [0.1, 0.15) is 6.29 Å². The molecule has 0 aliphatic carbocycles. The van der Waals surface area contributed by atoms with E-state index in [1.54, 1.807) is 6.92 Å². The van der Waals surface area contributed by atoms with Crippen molar-refractivity contribution >= 4 is 18.5 Å². The van der Waals surface area contributed by atoms with Crippen LogP contribution in [0, 0.1) is 17.0 Å². The van der Waals surface area contributed by atoms with E-state index >= 15 is 0 Å². The average molecular weight is 280 g/mol. The molecule has 0 aliphatic heterocycles. The first-order chi connectivity index (χ1) is 9.40. The number of hydrogen-bond acceptors (Lipinski definition) is 6. The van der Waals surface area contributed by atoms with Crippen LogP contribution in [0.25, 0.3) is 0 Å². The number of carbonyl (C=O) groups excluding carboxylic acids is 3. The van der Waals surface area contributed by atoms with E-state index in [0.29, 0.717) is 23.7 Å². The SMILES string of the molecule is Cc1cc(C(=O)N(C)CO[N+](=O)[O-])c(C=O)cc1C=O. The molecule has 8 nitrogen and oxygen atoms in total. The van der Waals surface area contributed by atoms with Gasteiger partial charge in [-0.05, 0) is 24.6 Å². The lowest BCUT2D eigenvalue weighted by Gasteiger charge is -2.17. The first-order valence-electron chi connectivity index (χ1n) is 5.48. The topological polar surface area (TPSA) is 107 Å². The minimum Gasteiger partial charge on any atom is -0.318 e. The van der Waals surface area contributed by atoms with Gasteiger partial charge in [-0.2, -0.15) is 0 Å². The predicted molar refractivity (Wildman–Crippen MR) is 67.0 cm³/mol. The number of nitrogens with zero attached hydrogens (tertiary/aromatic N) is 2. The Bertz CT molecular complexity index is 569. The molecule has 0 aromatic heterocycles. The summed E-state index contributed by atoms with van der Waals surface area (Å²) in [7, 11) is 1.30. The van der Waals surface area contributed by atoms with Crippen LogP contribution in [0.1, 0.15) is 36.6 Å². The van der Waals surface area contributed by atoms with Gasteiger partial charge >= 0.3 is 0 Å². The van der Waals surface area contributed by atoms with Gasteiger partial charge < -0.3 is 4.90 Å². The molecule has 0 bridgehead atoms. The van der Waals surface area contributed by atoms with Crippen LogP contribution in [0.3, 0.4) is 0 Å². The molecule has 1 rings (SSSR count). The smallest absolute Gasteiger partial charge is 0.296 e. The van der Waals surface area contributed by atoms with Crippen LogP contribution in [0.15, 0.2) is 12.1 Å². The summed E-state index contributed by atoms with van der Waals surface area (Å²) in [5.41, 5.74) is 0.915. The fourth-order valence-electron chi connectivity index (χ4n) is 1.55. The summed E-state index contributed by atoms with van der Waals surface area (Å²) in [6.45, 7) is 1.06. The first kappa shape index (κ1) is 15.3. The third-order valence-corrected chi connectivity index (χ3v) is 2.63. The van der Waals surface area contributed by atoms with Crippen LogP contribution in [0.4, 0.5) is 0 Å². The average Bonchev–Trinajstić information content (AvgIpc) is 2.43. The number of aryl methyl sites for hydroxylation is 1. The maximum Gasteiger partial charge on any atom is 0.296 e. The molecular weight excluding hydrogens is 268 g/mol. The monoisotopic (exact) mass is 280 g/mol. The Balaban J connectivity index is 3.08. The molecule has 1 amide bonds. The largest absolute Gasteiger partial charge is 0.318 e. The molecule has 0 heterocycles. The van der Waals surface area contributed by atoms with Crippen molar-refractivity contribution in [3.8, 4) is 0 Å². The lowest BCUT2D eigenvalue weighted by Crippen LogP contribution is -2.31. The number of rotatable bonds is 6. The highest BCUT2D eigenvalue weighted by molar-refractivity contribution is 6.02. The third kappa shape index (κ3) is 3.37. The van der Waals surface area contributed by atoms with E-state index in [2.05, 4.69) is 4.84 Å². The number of aldehydes is 2. The predicted octanol–water partition coefficient (Wildman–Crippen LogP) is 0.858. The molecule has 0 atom stereocenters. The summed E-state index contributed by atoms with van der Waals surface area (Å²) in [5, 5.41) is 9.05. The summed E-state index contributed by atoms with van der Waals surface area (Å²) in [4.78, 5) is 48.9. The molecule has 8 heteroatoms. The molecule has 106 valence electrons. The van der Waals surface area contributed by atoms with Crippen molar-refractivity contribution in [3.63, 3.8) is 0 Å².